The zero-order chi connectivity index (χ0) is 45.1. The maximum absolute atomic E-state index is 12.5. The van der Waals surface area contributed by atoms with Gasteiger partial charge in [0.05, 0.1) is 18.8 Å². The SMILES string of the molecule is CCCCCCCCCCC/C=C/CC/C=C/CC/C=C/C(O)C(CO)NC(=O)C(O)CCCCCCCCCCCCCCC/C=C\CCCCCCCCCCCCCC. The molecule has 0 aromatic rings. The minimum absolute atomic E-state index is 0.381. The fraction of sp³-hybridized carbons (Fsp3) is 0.842. The summed E-state index contributed by atoms with van der Waals surface area (Å²) in [6.07, 6.45) is 69.0. The Labute approximate surface area is 387 Å². The van der Waals surface area contributed by atoms with Crippen LogP contribution in [0.1, 0.15) is 284 Å². The summed E-state index contributed by atoms with van der Waals surface area (Å²) in [7, 11) is 0. The number of carbonyl (C=O) groups is 1. The van der Waals surface area contributed by atoms with Crippen LogP contribution in [0, 0.1) is 0 Å². The number of hydrogen-bond acceptors (Lipinski definition) is 4. The average molecular weight is 870 g/mol. The zero-order valence-electron chi connectivity index (χ0n) is 41.5. The fourth-order valence-electron chi connectivity index (χ4n) is 8.33. The van der Waals surface area contributed by atoms with E-state index in [1.807, 2.05) is 6.08 Å². The smallest absolute Gasteiger partial charge is 0.249 e. The fourth-order valence-corrected chi connectivity index (χ4v) is 8.33. The summed E-state index contributed by atoms with van der Waals surface area (Å²) in [6.45, 7) is 4.19. The van der Waals surface area contributed by atoms with Gasteiger partial charge in [-0.1, -0.05) is 262 Å². The third-order valence-corrected chi connectivity index (χ3v) is 12.6. The first kappa shape index (κ1) is 60.3. The lowest BCUT2D eigenvalue weighted by atomic mass is 10.0. The van der Waals surface area contributed by atoms with Gasteiger partial charge < -0.3 is 20.6 Å². The van der Waals surface area contributed by atoms with Crippen molar-refractivity contribution in [3.63, 3.8) is 0 Å². The molecule has 364 valence electrons. The van der Waals surface area contributed by atoms with E-state index in [2.05, 4.69) is 55.6 Å². The van der Waals surface area contributed by atoms with Crippen molar-refractivity contribution >= 4 is 5.91 Å². The van der Waals surface area contributed by atoms with Crippen LogP contribution >= 0.6 is 0 Å². The normalized spacial score (nSPS) is 13.7. The molecule has 3 unspecified atom stereocenters. The molecule has 0 radical (unpaired) electrons. The first-order chi connectivity index (χ1) is 30.6. The highest BCUT2D eigenvalue weighted by Crippen LogP contribution is 2.16. The molecule has 1 amide bonds. The van der Waals surface area contributed by atoms with Crippen molar-refractivity contribution < 1.29 is 20.1 Å². The Bertz CT molecular complexity index is 1000. The summed E-state index contributed by atoms with van der Waals surface area (Å²) in [6, 6.07) is -0.822. The minimum atomic E-state index is -1.11. The van der Waals surface area contributed by atoms with Crippen molar-refractivity contribution in [2.45, 2.75) is 302 Å². The molecule has 4 N–H and O–H groups in total. The molecule has 0 rings (SSSR count). The molecule has 0 aliphatic heterocycles. The summed E-state index contributed by atoms with van der Waals surface area (Å²) in [5.74, 6) is -0.515. The number of aliphatic hydroxyl groups excluding tert-OH is 3. The van der Waals surface area contributed by atoms with Gasteiger partial charge in [-0.2, -0.15) is 0 Å². The molecule has 3 atom stereocenters. The van der Waals surface area contributed by atoms with Gasteiger partial charge >= 0.3 is 0 Å². The molecule has 0 aliphatic carbocycles. The molecule has 0 aromatic heterocycles. The Balaban J connectivity index is 3.61. The number of rotatable bonds is 50. The lowest BCUT2D eigenvalue weighted by Gasteiger charge is -2.21. The topological polar surface area (TPSA) is 89.8 Å². The van der Waals surface area contributed by atoms with Crippen LogP contribution in [-0.2, 0) is 4.79 Å². The molecule has 0 bridgehead atoms. The Hall–Kier alpha value is -1.69. The molecule has 0 saturated carbocycles. The number of allylic oxidation sites excluding steroid dienone is 7. The van der Waals surface area contributed by atoms with Crippen LogP contribution in [0.15, 0.2) is 48.6 Å². The number of hydrogen-bond donors (Lipinski definition) is 4. The molecule has 0 saturated heterocycles. The monoisotopic (exact) mass is 870 g/mol. The van der Waals surface area contributed by atoms with Crippen LogP contribution in [-0.4, -0.2) is 46.1 Å². The third kappa shape index (κ3) is 46.3. The van der Waals surface area contributed by atoms with Crippen molar-refractivity contribution in [1.29, 1.82) is 0 Å². The van der Waals surface area contributed by atoms with E-state index < -0.39 is 24.2 Å². The largest absolute Gasteiger partial charge is 0.394 e. The Morgan fingerprint density at radius 3 is 0.984 bits per heavy atom. The summed E-state index contributed by atoms with van der Waals surface area (Å²) < 4.78 is 0. The van der Waals surface area contributed by atoms with E-state index in [1.165, 1.54) is 218 Å². The Morgan fingerprint density at radius 2 is 0.661 bits per heavy atom. The Kier molecular flexibility index (Phi) is 50.5. The lowest BCUT2D eigenvalue weighted by molar-refractivity contribution is -0.131. The van der Waals surface area contributed by atoms with E-state index in [-0.39, 0.29) is 6.61 Å². The van der Waals surface area contributed by atoms with Gasteiger partial charge in [-0.3, -0.25) is 4.79 Å². The van der Waals surface area contributed by atoms with Crippen LogP contribution in [0.2, 0.25) is 0 Å². The van der Waals surface area contributed by atoms with E-state index in [0.717, 1.165) is 44.9 Å². The Morgan fingerprint density at radius 1 is 0.387 bits per heavy atom. The second kappa shape index (κ2) is 51.9. The van der Waals surface area contributed by atoms with E-state index in [0.29, 0.717) is 6.42 Å². The molecular formula is C57H107NO4. The minimum Gasteiger partial charge on any atom is -0.394 e. The summed E-state index contributed by atoms with van der Waals surface area (Å²) in [4.78, 5) is 12.5. The number of amides is 1. The van der Waals surface area contributed by atoms with Gasteiger partial charge in [-0.05, 0) is 70.6 Å². The van der Waals surface area contributed by atoms with Crippen LogP contribution < -0.4 is 5.32 Å². The van der Waals surface area contributed by atoms with Crippen molar-refractivity contribution in [3.8, 4) is 0 Å². The second-order valence-electron chi connectivity index (χ2n) is 18.8. The first-order valence-electron chi connectivity index (χ1n) is 27.5. The molecule has 5 heteroatoms. The first-order valence-corrected chi connectivity index (χ1v) is 27.5. The van der Waals surface area contributed by atoms with Crippen LogP contribution in [0.3, 0.4) is 0 Å². The van der Waals surface area contributed by atoms with Gasteiger partial charge in [-0.15, -0.1) is 0 Å². The number of unbranched alkanes of at least 4 members (excludes halogenated alkanes) is 36. The van der Waals surface area contributed by atoms with Gasteiger partial charge in [0.15, 0.2) is 0 Å². The molecule has 0 aliphatic rings. The van der Waals surface area contributed by atoms with E-state index in [1.54, 1.807) is 6.08 Å². The van der Waals surface area contributed by atoms with Crippen molar-refractivity contribution in [3.05, 3.63) is 48.6 Å². The summed E-state index contributed by atoms with van der Waals surface area (Å²) in [5.41, 5.74) is 0. The van der Waals surface area contributed by atoms with Gasteiger partial charge in [-0.25, -0.2) is 0 Å². The van der Waals surface area contributed by atoms with Crippen LogP contribution in [0.4, 0.5) is 0 Å². The number of carbonyl (C=O) groups excluding carboxylic acids is 1. The lowest BCUT2D eigenvalue weighted by Crippen LogP contribution is -2.48. The van der Waals surface area contributed by atoms with E-state index in [9.17, 15) is 20.1 Å². The summed E-state index contributed by atoms with van der Waals surface area (Å²) in [5, 5.41) is 33.3. The quantitative estimate of drug-likeness (QED) is 0.0362. The van der Waals surface area contributed by atoms with Crippen molar-refractivity contribution in [2.75, 3.05) is 6.61 Å². The highest BCUT2D eigenvalue weighted by atomic mass is 16.3. The molecule has 0 fully saturated rings. The molecule has 62 heavy (non-hydrogen) atoms. The average Bonchev–Trinajstić information content (AvgIpc) is 3.28. The molecule has 0 aromatic carbocycles. The highest BCUT2D eigenvalue weighted by molar-refractivity contribution is 5.80. The predicted molar refractivity (Wildman–Crippen MR) is 273 cm³/mol. The van der Waals surface area contributed by atoms with Crippen molar-refractivity contribution in [1.82, 2.24) is 5.32 Å². The van der Waals surface area contributed by atoms with E-state index in [4.69, 9.17) is 0 Å². The standard InChI is InChI=1S/C57H107NO4/c1-3-5-7-9-11-13-15-17-19-21-23-24-25-26-27-28-29-30-31-32-34-36-38-40-42-44-46-48-50-52-56(61)57(62)58-54(53-59)55(60)51-49-47-45-43-41-39-37-35-33-22-20-18-16-14-12-10-8-6-4-2/h26-27,33,35,41,43,49,51,54-56,59-61H,3-25,28-32,34,36-40,42,44-48,50,52-53H2,1-2H3,(H,58,62)/b27-26-,35-33+,43-41+,51-49+. The van der Waals surface area contributed by atoms with Gasteiger partial charge in [0, 0.05) is 0 Å². The predicted octanol–water partition coefficient (Wildman–Crippen LogP) is 16.8. The summed E-state index contributed by atoms with van der Waals surface area (Å²) >= 11 is 0. The maximum atomic E-state index is 12.5. The second-order valence-corrected chi connectivity index (χ2v) is 18.8. The maximum Gasteiger partial charge on any atom is 0.249 e. The molecule has 5 nitrogen and oxygen atoms in total. The molecule has 0 spiro atoms. The third-order valence-electron chi connectivity index (χ3n) is 12.6. The van der Waals surface area contributed by atoms with Gasteiger partial charge in [0.1, 0.15) is 6.10 Å². The van der Waals surface area contributed by atoms with Gasteiger partial charge in [0.2, 0.25) is 5.91 Å². The van der Waals surface area contributed by atoms with E-state index >= 15 is 0 Å². The number of nitrogens with one attached hydrogen (secondary N) is 1. The zero-order valence-corrected chi connectivity index (χ0v) is 41.5. The number of aliphatic hydroxyl groups is 3. The van der Waals surface area contributed by atoms with Crippen LogP contribution in [0.5, 0.6) is 0 Å². The van der Waals surface area contributed by atoms with Crippen LogP contribution in [0.25, 0.3) is 0 Å². The van der Waals surface area contributed by atoms with Gasteiger partial charge in [0.25, 0.3) is 0 Å². The molecule has 0 heterocycles. The van der Waals surface area contributed by atoms with Crippen molar-refractivity contribution in [2.24, 2.45) is 0 Å². The highest BCUT2D eigenvalue weighted by Gasteiger charge is 2.22. The molecular weight excluding hydrogens is 763 g/mol.